The molecule has 0 atom stereocenters. The molecule has 1 aromatic heterocycles. The Hall–Kier alpha value is -3.08. The summed E-state index contributed by atoms with van der Waals surface area (Å²) in [5, 5.41) is 7.45. The number of benzene rings is 2. The Labute approximate surface area is 154 Å². The standard InChI is InChI=1S/C21H24N4O/c1-15-19(16(2)25(4)23-15)14-24(3)21(26)22-20-13-9-8-12-18(20)17-10-6-5-7-11-17/h5-13H,14H2,1-4H3,(H,22,26). The van der Waals surface area contributed by atoms with Gasteiger partial charge in [0.1, 0.15) is 0 Å². The van der Waals surface area contributed by atoms with E-state index < -0.39 is 0 Å². The van der Waals surface area contributed by atoms with Crippen LogP contribution in [0.2, 0.25) is 0 Å². The summed E-state index contributed by atoms with van der Waals surface area (Å²) in [6.07, 6.45) is 0. The van der Waals surface area contributed by atoms with Gasteiger partial charge in [0, 0.05) is 30.9 Å². The first kappa shape index (κ1) is 17.7. The SMILES string of the molecule is Cc1nn(C)c(C)c1CN(C)C(=O)Nc1ccccc1-c1ccccc1. The van der Waals surface area contributed by atoms with E-state index in [1.165, 1.54) is 0 Å². The van der Waals surface area contributed by atoms with E-state index in [2.05, 4.69) is 10.4 Å². The summed E-state index contributed by atoms with van der Waals surface area (Å²) >= 11 is 0. The highest BCUT2D eigenvalue weighted by Crippen LogP contribution is 2.27. The summed E-state index contributed by atoms with van der Waals surface area (Å²) in [4.78, 5) is 14.4. The van der Waals surface area contributed by atoms with Crippen LogP contribution in [0, 0.1) is 13.8 Å². The van der Waals surface area contributed by atoms with Gasteiger partial charge >= 0.3 is 6.03 Å². The molecule has 0 aliphatic rings. The van der Waals surface area contributed by atoms with Crippen LogP contribution in [0.5, 0.6) is 0 Å². The van der Waals surface area contributed by atoms with Crippen LogP contribution >= 0.6 is 0 Å². The topological polar surface area (TPSA) is 50.2 Å². The number of hydrogen-bond donors (Lipinski definition) is 1. The van der Waals surface area contributed by atoms with Crippen molar-refractivity contribution in [2.24, 2.45) is 7.05 Å². The van der Waals surface area contributed by atoms with Crippen molar-refractivity contribution in [3.8, 4) is 11.1 Å². The van der Waals surface area contributed by atoms with Crippen molar-refractivity contribution in [1.29, 1.82) is 0 Å². The number of hydrogen-bond acceptors (Lipinski definition) is 2. The van der Waals surface area contributed by atoms with Gasteiger partial charge in [-0.05, 0) is 25.5 Å². The fourth-order valence-corrected chi connectivity index (χ4v) is 3.03. The van der Waals surface area contributed by atoms with Gasteiger partial charge in [0.05, 0.1) is 17.9 Å². The molecule has 0 fully saturated rings. The summed E-state index contributed by atoms with van der Waals surface area (Å²) in [6.45, 7) is 4.51. The number of aryl methyl sites for hydroxylation is 2. The van der Waals surface area contributed by atoms with Gasteiger partial charge in [-0.1, -0.05) is 48.5 Å². The quantitative estimate of drug-likeness (QED) is 0.761. The van der Waals surface area contributed by atoms with E-state index in [9.17, 15) is 4.79 Å². The molecule has 134 valence electrons. The molecule has 2 aromatic carbocycles. The van der Waals surface area contributed by atoms with E-state index in [-0.39, 0.29) is 6.03 Å². The van der Waals surface area contributed by atoms with Crippen LogP contribution in [-0.2, 0) is 13.6 Å². The van der Waals surface area contributed by atoms with E-state index in [1.54, 1.807) is 11.9 Å². The minimum absolute atomic E-state index is 0.143. The molecule has 0 aliphatic carbocycles. The lowest BCUT2D eigenvalue weighted by molar-refractivity contribution is 0.220. The maximum atomic E-state index is 12.7. The van der Waals surface area contributed by atoms with E-state index in [0.29, 0.717) is 6.54 Å². The van der Waals surface area contributed by atoms with Crippen molar-refractivity contribution in [2.75, 3.05) is 12.4 Å². The Morgan fingerprint density at radius 3 is 2.38 bits per heavy atom. The zero-order valence-electron chi connectivity index (χ0n) is 15.7. The third kappa shape index (κ3) is 3.61. The first-order valence-corrected chi connectivity index (χ1v) is 8.63. The van der Waals surface area contributed by atoms with Crippen molar-refractivity contribution in [3.63, 3.8) is 0 Å². The molecule has 3 rings (SSSR count). The maximum Gasteiger partial charge on any atom is 0.321 e. The molecule has 2 amide bonds. The second-order valence-corrected chi connectivity index (χ2v) is 6.47. The lowest BCUT2D eigenvalue weighted by atomic mass is 10.0. The minimum Gasteiger partial charge on any atom is -0.323 e. The second kappa shape index (κ2) is 7.44. The molecule has 0 bridgehead atoms. The molecule has 0 aliphatic heterocycles. The Bertz CT molecular complexity index is 915. The Kier molecular flexibility index (Phi) is 5.07. The lowest BCUT2D eigenvalue weighted by Crippen LogP contribution is -2.31. The smallest absolute Gasteiger partial charge is 0.321 e. The maximum absolute atomic E-state index is 12.7. The summed E-state index contributed by atoms with van der Waals surface area (Å²) < 4.78 is 1.85. The van der Waals surface area contributed by atoms with Crippen LogP contribution in [-0.4, -0.2) is 27.8 Å². The van der Waals surface area contributed by atoms with Crippen molar-refractivity contribution < 1.29 is 4.79 Å². The second-order valence-electron chi connectivity index (χ2n) is 6.47. The van der Waals surface area contributed by atoms with E-state index >= 15 is 0 Å². The molecule has 5 heteroatoms. The number of aromatic nitrogens is 2. The van der Waals surface area contributed by atoms with E-state index in [1.807, 2.05) is 80.2 Å². The van der Waals surface area contributed by atoms with Gasteiger partial charge in [-0.3, -0.25) is 4.68 Å². The summed E-state index contributed by atoms with van der Waals surface area (Å²) in [5.74, 6) is 0. The number of nitrogens with zero attached hydrogens (tertiary/aromatic N) is 3. The van der Waals surface area contributed by atoms with Crippen molar-refractivity contribution in [2.45, 2.75) is 20.4 Å². The minimum atomic E-state index is -0.143. The van der Waals surface area contributed by atoms with Gasteiger partial charge in [-0.25, -0.2) is 4.79 Å². The molecule has 0 radical (unpaired) electrons. The third-order valence-corrected chi connectivity index (χ3v) is 4.65. The molecular weight excluding hydrogens is 324 g/mol. The third-order valence-electron chi connectivity index (χ3n) is 4.65. The van der Waals surface area contributed by atoms with Crippen LogP contribution < -0.4 is 5.32 Å². The monoisotopic (exact) mass is 348 g/mol. The predicted molar refractivity (Wildman–Crippen MR) is 105 cm³/mol. The van der Waals surface area contributed by atoms with Crippen LogP contribution in [0.3, 0.4) is 0 Å². The normalized spacial score (nSPS) is 10.6. The Morgan fingerprint density at radius 1 is 1.08 bits per heavy atom. The first-order chi connectivity index (χ1) is 12.5. The number of urea groups is 1. The highest BCUT2D eigenvalue weighted by Gasteiger charge is 2.16. The number of carbonyl (C=O) groups is 1. The summed E-state index contributed by atoms with van der Waals surface area (Å²) in [5.41, 5.74) is 5.99. The highest BCUT2D eigenvalue weighted by atomic mass is 16.2. The molecule has 0 saturated carbocycles. The van der Waals surface area contributed by atoms with Gasteiger partial charge < -0.3 is 10.2 Å². The average molecular weight is 348 g/mol. The molecule has 0 spiro atoms. The zero-order valence-corrected chi connectivity index (χ0v) is 15.7. The molecule has 1 N–H and O–H groups in total. The van der Waals surface area contributed by atoms with Gasteiger partial charge in [0.25, 0.3) is 0 Å². The molecule has 0 saturated heterocycles. The van der Waals surface area contributed by atoms with Crippen LogP contribution in [0.4, 0.5) is 10.5 Å². The number of para-hydroxylation sites is 1. The number of carbonyl (C=O) groups excluding carboxylic acids is 1. The fraction of sp³-hybridized carbons (Fsp3) is 0.238. The van der Waals surface area contributed by atoms with Crippen molar-refractivity contribution >= 4 is 11.7 Å². The van der Waals surface area contributed by atoms with Crippen molar-refractivity contribution in [3.05, 3.63) is 71.5 Å². The molecule has 1 heterocycles. The fourth-order valence-electron chi connectivity index (χ4n) is 3.03. The van der Waals surface area contributed by atoms with Crippen LogP contribution in [0.15, 0.2) is 54.6 Å². The highest BCUT2D eigenvalue weighted by molar-refractivity contribution is 5.94. The van der Waals surface area contributed by atoms with Gasteiger partial charge in [0.2, 0.25) is 0 Å². The lowest BCUT2D eigenvalue weighted by Gasteiger charge is -2.20. The largest absolute Gasteiger partial charge is 0.323 e. The van der Waals surface area contributed by atoms with Gasteiger partial charge in [0.15, 0.2) is 0 Å². The number of anilines is 1. The van der Waals surface area contributed by atoms with Crippen LogP contribution in [0.1, 0.15) is 17.0 Å². The van der Waals surface area contributed by atoms with Gasteiger partial charge in [-0.2, -0.15) is 5.10 Å². The zero-order chi connectivity index (χ0) is 18.7. The van der Waals surface area contributed by atoms with Crippen molar-refractivity contribution in [1.82, 2.24) is 14.7 Å². The predicted octanol–water partition coefficient (Wildman–Crippen LogP) is 4.37. The number of rotatable bonds is 4. The van der Waals surface area contributed by atoms with Gasteiger partial charge in [-0.15, -0.1) is 0 Å². The average Bonchev–Trinajstić information content (AvgIpc) is 2.89. The molecular formula is C21H24N4O. The van der Waals surface area contributed by atoms with E-state index in [4.69, 9.17) is 0 Å². The molecule has 5 nitrogen and oxygen atoms in total. The summed E-state index contributed by atoms with van der Waals surface area (Å²) in [7, 11) is 3.72. The molecule has 3 aromatic rings. The first-order valence-electron chi connectivity index (χ1n) is 8.63. The van der Waals surface area contributed by atoms with Crippen LogP contribution in [0.25, 0.3) is 11.1 Å². The van der Waals surface area contributed by atoms with E-state index in [0.717, 1.165) is 33.8 Å². The Balaban J connectivity index is 1.78. The molecule has 0 unspecified atom stereocenters. The Morgan fingerprint density at radius 2 is 1.73 bits per heavy atom. The number of amides is 2. The molecule has 26 heavy (non-hydrogen) atoms. The summed E-state index contributed by atoms with van der Waals surface area (Å²) in [6, 6.07) is 17.8. The number of nitrogens with one attached hydrogen (secondary N) is 1.